The molecule has 2 heterocycles. The quantitative estimate of drug-likeness (QED) is 0.909. The molecule has 0 aliphatic carbocycles. The molecular weight excluding hydrogens is 332 g/mol. The van der Waals surface area contributed by atoms with E-state index in [9.17, 15) is 10.1 Å². The van der Waals surface area contributed by atoms with Gasteiger partial charge in [0.2, 0.25) is 0 Å². The summed E-state index contributed by atoms with van der Waals surface area (Å²) in [6.07, 6.45) is 2.15. The molecule has 3 rings (SSSR count). The van der Waals surface area contributed by atoms with Crippen molar-refractivity contribution in [3.8, 4) is 23.4 Å². The zero-order chi connectivity index (χ0) is 18.5. The molecule has 26 heavy (non-hydrogen) atoms. The Balaban J connectivity index is 1.71. The van der Waals surface area contributed by atoms with Gasteiger partial charge in [0.05, 0.1) is 5.69 Å². The zero-order valence-electron chi connectivity index (χ0n) is 14.8. The largest absolute Gasteiger partial charge is 0.481 e. The Labute approximate surface area is 152 Å². The number of hydrogen-bond acceptors (Lipinski definition) is 6. The topological polar surface area (TPSA) is 97.1 Å². The normalized spacial score (nSPS) is 17.0. The highest BCUT2D eigenvalue weighted by atomic mass is 16.5. The van der Waals surface area contributed by atoms with Crippen molar-refractivity contribution < 1.29 is 14.3 Å². The number of nitrogens with one attached hydrogen (secondary N) is 1. The van der Waals surface area contributed by atoms with E-state index in [1.54, 1.807) is 31.2 Å². The Morgan fingerprint density at radius 2 is 1.88 bits per heavy atom. The molecule has 1 N–H and O–H groups in total. The van der Waals surface area contributed by atoms with Gasteiger partial charge in [-0.25, -0.2) is 0 Å². The molecule has 0 bridgehead atoms. The maximum atomic E-state index is 12.0. The van der Waals surface area contributed by atoms with Crippen molar-refractivity contribution in [3.63, 3.8) is 0 Å². The number of nitriles is 1. The number of rotatable bonds is 4. The summed E-state index contributed by atoms with van der Waals surface area (Å²) in [5.41, 5.74) is 1.81. The lowest BCUT2D eigenvalue weighted by Crippen LogP contribution is -2.36. The molecule has 7 heteroatoms. The molecule has 1 aliphatic rings. The van der Waals surface area contributed by atoms with Crippen LogP contribution in [0.25, 0.3) is 0 Å². The van der Waals surface area contributed by atoms with Crippen molar-refractivity contribution >= 4 is 5.91 Å². The van der Waals surface area contributed by atoms with Gasteiger partial charge in [-0.05, 0) is 62.9 Å². The highest BCUT2D eigenvalue weighted by Crippen LogP contribution is 2.27. The van der Waals surface area contributed by atoms with Gasteiger partial charge in [-0.2, -0.15) is 10.4 Å². The molecule has 1 aromatic carbocycles. The predicted octanol–water partition coefficient (Wildman–Crippen LogP) is 2.80. The number of benzene rings is 1. The van der Waals surface area contributed by atoms with Gasteiger partial charge in [0.25, 0.3) is 11.8 Å². The standard InChI is InChI=1S/C19H20N4O3/c1-12-13(2)22-23-19(16(12)11-20)26-15-8-6-14(7-9-15)25-17-5-3-4-10-21-18(17)24/h6-9,17H,3-5,10H2,1-2H3,(H,21,24). The van der Waals surface area contributed by atoms with Gasteiger partial charge in [0.1, 0.15) is 23.1 Å². The summed E-state index contributed by atoms with van der Waals surface area (Å²) in [4.78, 5) is 12.0. The van der Waals surface area contributed by atoms with E-state index in [0.717, 1.165) is 18.4 Å². The van der Waals surface area contributed by atoms with E-state index >= 15 is 0 Å². The summed E-state index contributed by atoms with van der Waals surface area (Å²) in [5.74, 6) is 1.20. The number of carbonyl (C=O) groups is 1. The fourth-order valence-corrected chi connectivity index (χ4v) is 2.68. The number of aryl methyl sites for hydroxylation is 1. The van der Waals surface area contributed by atoms with Crippen LogP contribution in [0.2, 0.25) is 0 Å². The summed E-state index contributed by atoms with van der Waals surface area (Å²) in [6, 6.07) is 8.99. The molecule has 134 valence electrons. The third-order valence-corrected chi connectivity index (χ3v) is 4.34. The Kier molecular flexibility index (Phi) is 5.32. The second-order valence-electron chi connectivity index (χ2n) is 6.17. The predicted molar refractivity (Wildman–Crippen MR) is 94.0 cm³/mol. The van der Waals surface area contributed by atoms with Crippen LogP contribution in [0.5, 0.6) is 17.4 Å². The van der Waals surface area contributed by atoms with E-state index in [1.807, 2.05) is 6.92 Å². The van der Waals surface area contributed by atoms with E-state index in [0.29, 0.717) is 35.7 Å². The van der Waals surface area contributed by atoms with Crippen molar-refractivity contribution in [1.82, 2.24) is 15.5 Å². The average Bonchev–Trinajstić information content (AvgIpc) is 2.85. The number of carbonyl (C=O) groups excluding carboxylic acids is 1. The molecule has 7 nitrogen and oxygen atoms in total. The number of aromatic nitrogens is 2. The van der Waals surface area contributed by atoms with Crippen molar-refractivity contribution in [1.29, 1.82) is 5.26 Å². The van der Waals surface area contributed by atoms with Crippen molar-refractivity contribution in [2.45, 2.75) is 39.2 Å². The summed E-state index contributed by atoms with van der Waals surface area (Å²) < 4.78 is 11.5. The second kappa shape index (κ2) is 7.83. The maximum absolute atomic E-state index is 12.0. The Morgan fingerprint density at radius 1 is 1.15 bits per heavy atom. The smallest absolute Gasteiger partial charge is 0.261 e. The minimum Gasteiger partial charge on any atom is -0.481 e. The number of hydrogen-bond donors (Lipinski definition) is 1. The minimum absolute atomic E-state index is 0.0770. The molecule has 0 spiro atoms. The zero-order valence-corrected chi connectivity index (χ0v) is 14.8. The Bertz CT molecular complexity index is 843. The Hall–Kier alpha value is -3.14. The number of amides is 1. The van der Waals surface area contributed by atoms with E-state index in [-0.39, 0.29) is 11.8 Å². The van der Waals surface area contributed by atoms with Crippen LogP contribution in [0.4, 0.5) is 0 Å². The molecule has 2 aromatic rings. The van der Waals surface area contributed by atoms with Crippen molar-refractivity contribution in [2.24, 2.45) is 0 Å². The average molecular weight is 352 g/mol. The van der Waals surface area contributed by atoms with Crippen molar-refractivity contribution in [2.75, 3.05) is 6.54 Å². The second-order valence-corrected chi connectivity index (χ2v) is 6.17. The first-order valence-corrected chi connectivity index (χ1v) is 8.54. The molecule has 0 saturated carbocycles. The highest BCUT2D eigenvalue weighted by Gasteiger charge is 2.22. The summed E-state index contributed by atoms with van der Waals surface area (Å²) in [7, 11) is 0. The van der Waals surface area contributed by atoms with Crippen LogP contribution in [-0.4, -0.2) is 28.8 Å². The van der Waals surface area contributed by atoms with Crippen LogP contribution in [0, 0.1) is 25.2 Å². The fraction of sp³-hybridized carbons (Fsp3) is 0.368. The van der Waals surface area contributed by atoms with Gasteiger partial charge >= 0.3 is 0 Å². The fourth-order valence-electron chi connectivity index (χ4n) is 2.68. The van der Waals surface area contributed by atoms with E-state index in [1.165, 1.54) is 0 Å². The molecule has 1 fully saturated rings. The van der Waals surface area contributed by atoms with Crippen LogP contribution >= 0.6 is 0 Å². The molecule has 1 aromatic heterocycles. The molecule has 1 unspecified atom stereocenters. The molecule has 1 amide bonds. The molecule has 1 saturated heterocycles. The van der Waals surface area contributed by atoms with Crippen molar-refractivity contribution in [3.05, 3.63) is 41.1 Å². The molecule has 1 atom stereocenters. The lowest BCUT2D eigenvalue weighted by molar-refractivity contribution is -0.127. The lowest BCUT2D eigenvalue weighted by Gasteiger charge is -2.16. The van der Waals surface area contributed by atoms with Crippen LogP contribution in [0.3, 0.4) is 0 Å². The van der Waals surface area contributed by atoms with Crippen LogP contribution in [0.1, 0.15) is 36.1 Å². The maximum Gasteiger partial charge on any atom is 0.261 e. The van der Waals surface area contributed by atoms with E-state index in [2.05, 4.69) is 21.6 Å². The van der Waals surface area contributed by atoms with E-state index in [4.69, 9.17) is 9.47 Å². The molecular formula is C19H20N4O3. The minimum atomic E-state index is -0.472. The highest BCUT2D eigenvalue weighted by molar-refractivity contribution is 5.81. The Morgan fingerprint density at radius 3 is 2.62 bits per heavy atom. The summed E-state index contributed by atoms with van der Waals surface area (Å²) in [6.45, 7) is 4.30. The monoisotopic (exact) mass is 352 g/mol. The van der Waals surface area contributed by atoms with Gasteiger partial charge in [0, 0.05) is 6.54 Å². The molecule has 0 radical (unpaired) electrons. The number of nitrogens with zero attached hydrogens (tertiary/aromatic N) is 3. The first-order valence-electron chi connectivity index (χ1n) is 8.54. The SMILES string of the molecule is Cc1nnc(Oc2ccc(OC3CCCCNC3=O)cc2)c(C#N)c1C. The van der Waals surface area contributed by atoms with Crippen LogP contribution in [0.15, 0.2) is 24.3 Å². The first-order chi connectivity index (χ1) is 12.6. The lowest BCUT2D eigenvalue weighted by atomic mass is 10.1. The van der Waals surface area contributed by atoms with Crippen LogP contribution < -0.4 is 14.8 Å². The van der Waals surface area contributed by atoms with Gasteiger partial charge < -0.3 is 14.8 Å². The van der Waals surface area contributed by atoms with Gasteiger partial charge in [-0.3, -0.25) is 4.79 Å². The first kappa shape index (κ1) is 17.7. The van der Waals surface area contributed by atoms with Gasteiger partial charge in [-0.1, -0.05) is 0 Å². The third-order valence-electron chi connectivity index (χ3n) is 4.34. The molecule has 1 aliphatic heterocycles. The summed E-state index contributed by atoms with van der Waals surface area (Å²) >= 11 is 0. The third kappa shape index (κ3) is 3.91. The van der Waals surface area contributed by atoms with Gasteiger partial charge in [-0.15, -0.1) is 5.10 Å². The summed E-state index contributed by atoms with van der Waals surface area (Å²) in [5, 5.41) is 20.1. The van der Waals surface area contributed by atoms with Gasteiger partial charge in [0.15, 0.2) is 6.10 Å². The number of ether oxygens (including phenoxy) is 2. The van der Waals surface area contributed by atoms with E-state index < -0.39 is 6.10 Å². The van der Waals surface area contributed by atoms with Crippen LogP contribution in [-0.2, 0) is 4.79 Å².